The number of nitrogens with one attached hydrogen (secondary N) is 2. The van der Waals surface area contributed by atoms with Crippen LogP contribution in [-0.2, 0) is 10.0 Å². The Labute approximate surface area is 112 Å². The van der Waals surface area contributed by atoms with Gasteiger partial charge in [-0.25, -0.2) is 13.1 Å². The summed E-state index contributed by atoms with van der Waals surface area (Å²) in [5.74, 6) is 0. The molecule has 1 aromatic carbocycles. The Balaban J connectivity index is 3.26. The van der Waals surface area contributed by atoms with E-state index in [4.69, 9.17) is 0 Å². The fourth-order valence-corrected chi connectivity index (χ4v) is 2.82. The second kappa shape index (κ2) is 5.98. The highest BCUT2D eigenvalue weighted by atomic mass is 32.2. The first-order valence-electron chi connectivity index (χ1n) is 5.82. The molecule has 0 aliphatic carbocycles. The summed E-state index contributed by atoms with van der Waals surface area (Å²) in [4.78, 5) is 10.2. The first-order valence-corrected chi connectivity index (χ1v) is 7.31. The summed E-state index contributed by atoms with van der Waals surface area (Å²) in [7, 11) is -3.73. The summed E-state index contributed by atoms with van der Waals surface area (Å²) in [6.45, 7) is 5.67. The Hall–Kier alpha value is -1.67. The van der Waals surface area contributed by atoms with Crippen LogP contribution in [0, 0.1) is 10.1 Å². The van der Waals surface area contributed by atoms with Gasteiger partial charge in [-0.2, -0.15) is 0 Å². The molecule has 0 fully saturated rings. The maximum atomic E-state index is 11.9. The number of rotatable bonds is 6. The molecule has 106 valence electrons. The van der Waals surface area contributed by atoms with E-state index in [-0.39, 0.29) is 16.6 Å². The molecule has 0 spiro atoms. The molecule has 2 N–H and O–H groups in total. The molecular weight excluding hydrogens is 270 g/mol. The van der Waals surface area contributed by atoms with Crippen molar-refractivity contribution < 1.29 is 13.3 Å². The van der Waals surface area contributed by atoms with Gasteiger partial charge in [0.2, 0.25) is 10.0 Å². The zero-order valence-corrected chi connectivity index (χ0v) is 11.8. The lowest BCUT2D eigenvalue weighted by atomic mass is 10.2. The predicted molar refractivity (Wildman–Crippen MR) is 72.7 cm³/mol. The van der Waals surface area contributed by atoms with Crippen molar-refractivity contribution in [3.63, 3.8) is 0 Å². The molecule has 0 aliphatic heterocycles. The van der Waals surface area contributed by atoms with Crippen LogP contribution in [-0.4, -0.2) is 25.9 Å². The second-order valence-corrected chi connectivity index (χ2v) is 5.96. The van der Waals surface area contributed by atoms with Gasteiger partial charge < -0.3 is 5.32 Å². The van der Waals surface area contributed by atoms with Crippen LogP contribution < -0.4 is 10.0 Å². The Morgan fingerprint density at radius 2 is 2.00 bits per heavy atom. The number of nitro groups is 1. The van der Waals surface area contributed by atoms with E-state index in [2.05, 4.69) is 10.0 Å². The summed E-state index contributed by atoms with van der Waals surface area (Å²) in [6, 6.07) is 3.52. The first-order chi connectivity index (χ1) is 8.77. The SMILES string of the molecule is CCNc1ccc(S(=O)(=O)NC(C)C)cc1[N+](=O)[O-]. The molecule has 0 heterocycles. The average molecular weight is 287 g/mol. The molecule has 0 unspecified atom stereocenters. The van der Waals surface area contributed by atoms with E-state index in [9.17, 15) is 18.5 Å². The average Bonchev–Trinajstić information content (AvgIpc) is 2.27. The standard InChI is InChI=1S/C11H17N3O4S/c1-4-12-10-6-5-9(7-11(10)14(15)16)19(17,18)13-8(2)3/h5-8,12-13H,4H2,1-3H3. The Kier molecular flexibility index (Phi) is 4.84. The molecule has 1 aromatic rings. The molecule has 0 radical (unpaired) electrons. The number of sulfonamides is 1. The lowest BCUT2D eigenvalue weighted by Gasteiger charge is -2.11. The molecule has 0 bridgehead atoms. The van der Waals surface area contributed by atoms with Crippen molar-refractivity contribution in [3.05, 3.63) is 28.3 Å². The van der Waals surface area contributed by atoms with Crippen LogP contribution in [0.5, 0.6) is 0 Å². The van der Waals surface area contributed by atoms with Crippen molar-refractivity contribution in [2.75, 3.05) is 11.9 Å². The molecule has 0 aliphatic rings. The number of hydrogen-bond donors (Lipinski definition) is 2. The molecule has 0 amide bonds. The molecule has 0 saturated heterocycles. The minimum Gasteiger partial charge on any atom is -0.380 e. The van der Waals surface area contributed by atoms with Crippen molar-refractivity contribution in [2.45, 2.75) is 31.7 Å². The van der Waals surface area contributed by atoms with E-state index < -0.39 is 14.9 Å². The second-order valence-electron chi connectivity index (χ2n) is 4.24. The van der Waals surface area contributed by atoms with Gasteiger partial charge in [-0.05, 0) is 32.9 Å². The van der Waals surface area contributed by atoms with Gasteiger partial charge >= 0.3 is 0 Å². The molecule has 0 atom stereocenters. The highest BCUT2D eigenvalue weighted by Crippen LogP contribution is 2.27. The van der Waals surface area contributed by atoms with Gasteiger partial charge in [0.1, 0.15) is 5.69 Å². The maximum Gasteiger partial charge on any atom is 0.293 e. The van der Waals surface area contributed by atoms with Gasteiger partial charge in [0.25, 0.3) is 5.69 Å². The largest absolute Gasteiger partial charge is 0.380 e. The van der Waals surface area contributed by atoms with Gasteiger partial charge in [-0.1, -0.05) is 0 Å². The monoisotopic (exact) mass is 287 g/mol. The van der Waals surface area contributed by atoms with Gasteiger partial charge in [-0.3, -0.25) is 10.1 Å². The van der Waals surface area contributed by atoms with E-state index in [1.807, 2.05) is 0 Å². The van der Waals surface area contributed by atoms with Crippen LogP contribution in [0.4, 0.5) is 11.4 Å². The Morgan fingerprint density at radius 1 is 1.37 bits per heavy atom. The molecule has 19 heavy (non-hydrogen) atoms. The van der Waals surface area contributed by atoms with Crippen molar-refractivity contribution in [1.82, 2.24) is 4.72 Å². The van der Waals surface area contributed by atoms with Crippen LogP contribution in [0.3, 0.4) is 0 Å². The predicted octanol–water partition coefficient (Wildman–Crippen LogP) is 1.71. The maximum absolute atomic E-state index is 11.9. The van der Waals surface area contributed by atoms with E-state index in [0.717, 1.165) is 6.07 Å². The summed E-state index contributed by atoms with van der Waals surface area (Å²) in [5, 5.41) is 13.8. The first kappa shape index (κ1) is 15.4. The third kappa shape index (κ3) is 3.90. The molecule has 8 heteroatoms. The van der Waals surface area contributed by atoms with Gasteiger partial charge in [0.15, 0.2) is 0 Å². The number of hydrogen-bond acceptors (Lipinski definition) is 5. The van der Waals surface area contributed by atoms with Crippen molar-refractivity contribution in [2.24, 2.45) is 0 Å². The summed E-state index contributed by atoms with van der Waals surface area (Å²) in [6.07, 6.45) is 0. The van der Waals surface area contributed by atoms with E-state index in [1.54, 1.807) is 20.8 Å². The summed E-state index contributed by atoms with van der Waals surface area (Å²) in [5.41, 5.74) is 0.0458. The highest BCUT2D eigenvalue weighted by Gasteiger charge is 2.21. The molecule has 0 aromatic heterocycles. The van der Waals surface area contributed by atoms with Crippen molar-refractivity contribution in [3.8, 4) is 0 Å². The minimum atomic E-state index is -3.73. The van der Waals surface area contributed by atoms with Crippen molar-refractivity contribution in [1.29, 1.82) is 0 Å². The molecule has 7 nitrogen and oxygen atoms in total. The third-order valence-corrected chi connectivity index (χ3v) is 3.89. The van der Waals surface area contributed by atoms with Crippen LogP contribution in [0.2, 0.25) is 0 Å². The lowest BCUT2D eigenvalue weighted by molar-refractivity contribution is -0.384. The number of nitrogens with zero attached hydrogens (tertiary/aromatic N) is 1. The quantitative estimate of drug-likeness (QED) is 0.612. The zero-order valence-electron chi connectivity index (χ0n) is 11.0. The molecule has 0 saturated carbocycles. The summed E-state index contributed by atoms with van der Waals surface area (Å²) < 4.78 is 26.2. The smallest absolute Gasteiger partial charge is 0.293 e. The minimum absolute atomic E-state index is 0.116. The van der Waals surface area contributed by atoms with E-state index in [0.29, 0.717) is 12.2 Å². The fraction of sp³-hybridized carbons (Fsp3) is 0.455. The van der Waals surface area contributed by atoms with Gasteiger partial charge in [0, 0.05) is 18.7 Å². The number of nitro benzene ring substituents is 1. The highest BCUT2D eigenvalue weighted by molar-refractivity contribution is 7.89. The zero-order chi connectivity index (χ0) is 14.6. The Morgan fingerprint density at radius 3 is 2.47 bits per heavy atom. The Bertz CT molecular complexity index is 569. The summed E-state index contributed by atoms with van der Waals surface area (Å²) >= 11 is 0. The third-order valence-electron chi connectivity index (χ3n) is 2.23. The van der Waals surface area contributed by atoms with Crippen LogP contribution in [0.15, 0.2) is 23.1 Å². The van der Waals surface area contributed by atoms with Crippen LogP contribution in [0.1, 0.15) is 20.8 Å². The van der Waals surface area contributed by atoms with Gasteiger partial charge in [0.05, 0.1) is 9.82 Å². The van der Waals surface area contributed by atoms with Gasteiger partial charge in [-0.15, -0.1) is 0 Å². The topological polar surface area (TPSA) is 101 Å². The normalized spacial score (nSPS) is 11.6. The molecule has 1 rings (SSSR count). The molecular formula is C11H17N3O4S. The van der Waals surface area contributed by atoms with E-state index in [1.165, 1.54) is 12.1 Å². The van der Waals surface area contributed by atoms with Crippen LogP contribution in [0.25, 0.3) is 0 Å². The van der Waals surface area contributed by atoms with Crippen LogP contribution >= 0.6 is 0 Å². The number of anilines is 1. The number of benzene rings is 1. The van der Waals surface area contributed by atoms with E-state index >= 15 is 0 Å². The fourth-order valence-electron chi connectivity index (χ4n) is 1.55. The van der Waals surface area contributed by atoms with Crippen molar-refractivity contribution >= 4 is 21.4 Å². The lowest BCUT2D eigenvalue weighted by Crippen LogP contribution is -2.30.